The van der Waals surface area contributed by atoms with E-state index in [1.54, 1.807) is 0 Å². The standard InChI is InChI=1S/C7H17NO4S/c1-2-3-8(4-5-9)13(11,12)7-6-10/h9-10H,2-7H2,1H3. The summed E-state index contributed by atoms with van der Waals surface area (Å²) in [6.07, 6.45) is 0.699. The molecule has 0 aromatic rings. The first-order valence-electron chi connectivity index (χ1n) is 4.28. The number of hydrogen-bond acceptors (Lipinski definition) is 4. The smallest absolute Gasteiger partial charge is 0.216 e. The van der Waals surface area contributed by atoms with Crippen LogP contribution in [0.15, 0.2) is 0 Å². The summed E-state index contributed by atoms with van der Waals surface area (Å²) in [6.45, 7) is 1.79. The lowest BCUT2D eigenvalue weighted by atomic mass is 10.5. The summed E-state index contributed by atoms with van der Waals surface area (Å²) in [6, 6.07) is 0. The van der Waals surface area contributed by atoms with Crippen molar-refractivity contribution in [3.8, 4) is 0 Å². The molecule has 0 bridgehead atoms. The predicted molar refractivity (Wildman–Crippen MR) is 49.8 cm³/mol. The van der Waals surface area contributed by atoms with Gasteiger partial charge in [-0.15, -0.1) is 0 Å². The highest BCUT2D eigenvalue weighted by molar-refractivity contribution is 7.89. The van der Waals surface area contributed by atoms with Gasteiger partial charge in [0.05, 0.1) is 19.0 Å². The van der Waals surface area contributed by atoms with E-state index >= 15 is 0 Å². The third-order valence-corrected chi connectivity index (χ3v) is 3.42. The number of nitrogens with zero attached hydrogens (tertiary/aromatic N) is 1. The first-order chi connectivity index (χ1) is 6.08. The molecule has 0 aliphatic carbocycles. The molecular formula is C7H17NO4S. The number of rotatable bonds is 7. The Balaban J connectivity index is 4.33. The van der Waals surface area contributed by atoms with E-state index < -0.39 is 10.0 Å². The van der Waals surface area contributed by atoms with Crippen molar-refractivity contribution in [1.82, 2.24) is 4.31 Å². The van der Waals surface area contributed by atoms with Crippen molar-refractivity contribution in [3.63, 3.8) is 0 Å². The molecule has 80 valence electrons. The van der Waals surface area contributed by atoms with Crippen LogP contribution < -0.4 is 0 Å². The van der Waals surface area contributed by atoms with Crippen molar-refractivity contribution in [3.05, 3.63) is 0 Å². The van der Waals surface area contributed by atoms with Crippen molar-refractivity contribution >= 4 is 10.0 Å². The molecule has 0 aliphatic rings. The molecule has 0 aromatic carbocycles. The summed E-state index contributed by atoms with van der Waals surface area (Å²) in [4.78, 5) is 0. The lowest BCUT2D eigenvalue weighted by Crippen LogP contribution is -2.36. The zero-order valence-electron chi connectivity index (χ0n) is 7.81. The average molecular weight is 211 g/mol. The topological polar surface area (TPSA) is 77.8 Å². The molecule has 6 heteroatoms. The molecule has 0 saturated carbocycles. The van der Waals surface area contributed by atoms with Gasteiger partial charge in [0.2, 0.25) is 10.0 Å². The molecular weight excluding hydrogens is 194 g/mol. The first kappa shape index (κ1) is 12.8. The van der Waals surface area contributed by atoms with Crippen molar-refractivity contribution in [2.24, 2.45) is 0 Å². The van der Waals surface area contributed by atoms with Crippen LogP contribution in [0, 0.1) is 0 Å². The third-order valence-electron chi connectivity index (χ3n) is 1.57. The highest BCUT2D eigenvalue weighted by Crippen LogP contribution is 2.01. The molecule has 0 saturated heterocycles. The molecule has 0 unspecified atom stereocenters. The van der Waals surface area contributed by atoms with Crippen LogP contribution in [-0.4, -0.2) is 55.0 Å². The minimum atomic E-state index is -3.37. The van der Waals surface area contributed by atoms with Crippen LogP contribution in [0.2, 0.25) is 0 Å². The van der Waals surface area contributed by atoms with E-state index in [1.165, 1.54) is 4.31 Å². The summed E-state index contributed by atoms with van der Waals surface area (Å²) in [5.41, 5.74) is 0. The van der Waals surface area contributed by atoms with E-state index in [0.29, 0.717) is 13.0 Å². The lowest BCUT2D eigenvalue weighted by Gasteiger charge is -2.19. The molecule has 0 heterocycles. The second-order valence-electron chi connectivity index (χ2n) is 2.66. The molecule has 0 amide bonds. The fraction of sp³-hybridized carbons (Fsp3) is 1.00. The molecule has 0 aromatic heterocycles. The van der Waals surface area contributed by atoms with Crippen LogP contribution in [0.25, 0.3) is 0 Å². The van der Waals surface area contributed by atoms with Gasteiger partial charge in [-0.25, -0.2) is 8.42 Å². The normalized spacial score (nSPS) is 12.3. The quantitative estimate of drug-likeness (QED) is 0.567. The highest BCUT2D eigenvalue weighted by atomic mass is 32.2. The Kier molecular flexibility index (Phi) is 6.23. The Morgan fingerprint density at radius 3 is 2.15 bits per heavy atom. The Bertz CT molecular complexity index is 209. The van der Waals surface area contributed by atoms with E-state index in [-0.39, 0.29) is 25.5 Å². The Morgan fingerprint density at radius 1 is 1.15 bits per heavy atom. The van der Waals surface area contributed by atoms with Gasteiger partial charge < -0.3 is 10.2 Å². The van der Waals surface area contributed by atoms with Gasteiger partial charge in [0.1, 0.15) is 0 Å². The molecule has 5 nitrogen and oxygen atoms in total. The largest absolute Gasteiger partial charge is 0.395 e. The molecule has 2 N–H and O–H groups in total. The molecule has 0 aliphatic heterocycles. The van der Waals surface area contributed by atoms with Gasteiger partial charge >= 0.3 is 0 Å². The lowest BCUT2D eigenvalue weighted by molar-refractivity contribution is 0.251. The van der Waals surface area contributed by atoms with E-state index in [1.807, 2.05) is 6.92 Å². The Labute approximate surface area is 79.0 Å². The Hall–Kier alpha value is -0.170. The maximum atomic E-state index is 11.4. The number of hydrogen-bond donors (Lipinski definition) is 2. The summed E-state index contributed by atoms with van der Waals surface area (Å²) in [5.74, 6) is -0.271. The fourth-order valence-corrected chi connectivity index (χ4v) is 2.30. The van der Waals surface area contributed by atoms with Gasteiger partial charge in [-0.05, 0) is 6.42 Å². The van der Waals surface area contributed by atoms with Crippen LogP contribution in [-0.2, 0) is 10.0 Å². The average Bonchev–Trinajstić information content (AvgIpc) is 2.04. The molecule has 0 rings (SSSR count). The monoisotopic (exact) mass is 211 g/mol. The highest BCUT2D eigenvalue weighted by Gasteiger charge is 2.19. The summed E-state index contributed by atoms with van der Waals surface area (Å²) in [5, 5.41) is 17.1. The fourth-order valence-electron chi connectivity index (χ4n) is 0.995. The predicted octanol–water partition coefficient (Wildman–Crippen LogP) is -0.987. The van der Waals surface area contributed by atoms with Crippen LogP contribution >= 0.6 is 0 Å². The van der Waals surface area contributed by atoms with Crippen molar-refractivity contribution < 1.29 is 18.6 Å². The van der Waals surface area contributed by atoms with Gasteiger partial charge in [-0.2, -0.15) is 4.31 Å². The van der Waals surface area contributed by atoms with Gasteiger partial charge in [-0.1, -0.05) is 6.92 Å². The SMILES string of the molecule is CCCN(CCO)S(=O)(=O)CCO. The number of aliphatic hydroxyl groups excluding tert-OH is 2. The van der Waals surface area contributed by atoms with Crippen molar-refractivity contribution in [2.75, 3.05) is 32.1 Å². The van der Waals surface area contributed by atoms with Crippen molar-refractivity contribution in [2.45, 2.75) is 13.3 Å². The minimum absolute atomic E-state index is 0.107. The van der Waals surface area contributed by atoms with Crippen LogP contribution in [0.4, 0.5) is 0 Å². The number of sulfonamides is 1. The minimum Gasteiger partial charge on any atom is -0.395 e. The van der Waals surface area contributed by atoms with E-state index in [2.05, 4.69) is 0 Å². The van der Waals surface area contributed by atoms with Gasteiger partial charge in [0.15, 0.2) is 0 Å². The zero-order valence-corrected chi connectivity index (χ0v) is 8.63. The zero-order chi connectivity index (χ0) is 10.3. The molecule has 0 radical (unpaired) electrons. The molecule has 0 atom stereocenters. The second kappa shape index (κ2) is 6.31. The molecule has 13 heavy (non-hydrogen) atoms. The van der Waals surface area contributed by atoms with Crippen LogP contribution in [0.3, 0.4) is 0 Å². The van der Waals surface area contributed by atoms with Gasteiger partial charge in [0, 0.05) is 13.1 Å². The summed E-state index contributed by atoms with van der Waals surface area (Å²) < 4.78 is 23.9. The second-order valence-corrected chi connectivity index (χ2v) is 4.75. The van der Waals surface area contributed by atoms with Gasteiger partial charge in [0.25, 0.3) is 0 Å². The summed E-state index contributed by atoms with van der Waals surface area (Å²) in [7, 11) is -3.37. The maximum Gasteiger partial charge on any atom is 0.216 e. The van der Waals surface area contributed by atoms with E-state index in [4.69, 9.17) is 10.2 Å². The summed E-state index contributed by atoms with van der Waals surface area (Å²) >= 11 is 0. The van der Waals surface area contributed by atoms with E-state index in [0.717, 1.165) is 0 Å². The van der Waals surface area contributed by atoms with Crippen LogP contribution in [0.1, 0.15) is 13.3 Å². The van der Waals surface area contributed by atoms with Gasteiger partial charge in [-0.3, -0.25) is 0 Å². The van der Waals surface area contributed by atoms with Crippen LogP contribution in [0.5, 0.6) is 0 Å². The van der Waals surface area contributed by atoms with Crippen molar-refractivity contribution in [1.29, 1.82) is 0 Å². The Morgan fingerprint density at radius 2 is 1.77 bits per heavy atom. The first-order valence-corrected chi connectivity index (χ1v) is 5.89. The van der Waals surface area contributed by atoms with E-state index in [9.17, 15) is 8.42 Å². The molecule has 0 spiro atoms. The molecule has 0 fully saturated rings. The third kappa shape index (κ3) is 4.56. The number of aliphatic hydroxyl groups is 2. The maximum absolute atomic E-state index is 11.4.